The summed E-state index contributed by atoms with van der Waals surface area (Å²) in [4.78, 5) is 10.7. The Hall–Kier alpha value is -1.33. The van der Waals surface area contributed by atoms with Gasteiger partial charge in [0, 0.05) is 19.2 Å². The minimum Gasteiger partial charge on any atom is -0.300 e. The first-order chi connectivity index (χ1) is 6.30. The summed E-state index contributed by atoms with van der Waals surface area (Å²) in [5.74, 6) is -0.193. The minimum absolute atomic E-state index is 0.0282. The van der Waals surface area contributed by atoms with Crippen molar-refractivity contribution < 1.29 is 18.0 Å². The van der Waals surface area contributed by atoms with Crippen molar-refractivity contribution in [3.05, 3.63) is 17.5 Å². The summed E-state index contributed by atoms with van der Waals surface area (Å²) in [5, 5.41) is 3.27. The zero-order valence-corrected chi connectivity index (χ0v) is 7.72. The third kappa shape index (κ3) is 2.34. The van der Waals surface area contributed by atoms with Gasteiger partial charge in [0.25, 0.3) is 0 Å². The van der Waals surface area contributed by atoms with Crippen molar-refractivity contribution >= 4 is 5.78 Å². The Bertz CT molecular complexity index is 354. The average molecular weight is 206 g/mol. The SMILES string of the molecule is CC(=O)Cc1cc(C(F)(F)F)nn1C. The van der Waals surface area contributed by atoms with Crippen LogP contribution in [0.2, 0.25) is 0 Å². The maximum atomic E-state index is 12.2. The van der Waals surface area contributed by atoms with Crippen molar-refractivity contribution in [2.24, 2.45) is 7.05 Å². The summed E-state index contributed by atoms with van der Waals surface area (Å²) in [6, 6.07) is 0.890. The number of nitrogens with zero attached hydrogens (tertiary/aromatic N) is 2. The molecule has 0 fully saturated rings. The summed E-state index contributed by atoms with van der Waals surface area (Å²) in [5.41, 5.74) is -0.693. The highest BCUT2D eigenvalue weighted by Gasteiger charge is 2.34. The fourth-order valence-corrected chi connectivity index (χ4v) is 1.06. The highest BCUT2D eigenvalue weighted by molar-refractivity contribution is 5.77. The summed E-state index contributed by atoms with van der Waals surface area (Å²) >= 11 is 0. The van der Waals surface area contributed by atoms with E-state index in [9.17, 15) is 18.0 Å². The molecule has 0 aliphatic carbocycles. The second kappa shape index (κ2) is 3.43. The van der Waals surface area contributed by atoms with Gasteiger partial charge >= 0.3 is 6.18 Å². The molecule has 1 aromatic rings. The van der Waals surface area contributed by atoms with E-state index in [-0.39, 0.29) is 17.9 Å². The zero-order valence-electron chi connectivity index (χ0n) is 7.72. The quantitative estimate of drug-likeness (QED) is 0.736. The van der Waals surface area contributed by atoms with Gasteiger partial charge in [-0.25, -0.2) is 0 Å². The van der Waals surface area contributed by atoms with Gasteiger partial charge in [0.05, 0.1) is 0 Å². The molecular weight excluding hydrogens is 197 g/mol. The Balaban J connectivity index is 2.99. The lowest BCUT2D eigenvalue weighted by molar-refractivity contribution is -0.141. The predicted molar refractivity (Wildman–Crippen MR) is 42.6 cm³/mol. The molecule has 0 aliphatic heterocycles. The number of Topliss-reactive ketones (excluding diaryl/α,β-unsaturated/α-hetero) is 1. The third-order valence-corrected chi connectivity index (χ3v) is 1.70. The molecule has 0 aliphatic rings. The van der Waals surface area contributed by atoms with E-state index in [1.165, 1.54) is 14.0 Å². The number of carbonyl (C=O) groups is 1. The van der Waals surface area contributed by atoms with Crippen LogP contribution in [0.1, 0.15) is 18.3 Å². The van der Waals surface area contributed by atoms with Crippen molar-refractivity contribution in [1.29, 1.82) is 0 Å². The largest absolute Gasteiger partial charge is 0.435 e. The van der Waals surface area contributed by atoms with Gasteiger partial charge in [-0.15, -0.1) is 0 Å². The number of aromatic nitrogens is 2. The molecule has 6 heteroatoms. The van der Waals surface area contributed by atoms with Gasteiger partial charge in [-0.3, -0.25) is 9.48 Å². The fraction of sp³-hybridized carbons (Fsp3) is 0.500. The van der Waals surface area contributed by atoms with Crippen molar-refractivity contribution in [3.63, 3.8) is 0 Å². The molecule has 0 saturated heterocycles. The standard InChI is InChI=1S/C8H9F3N2O/c1-5(14)3-6-4-7(8(9,10)11)12-13(6)2/h4H,3H2,1-2H3. The Morgan fingerprint density at radius 1 is 1.57 bits per heavy atom. The van der Waals surface area contributed by atoms with Crippen LogP contribution in [0, 0.1) is 0 Å². The molecule has 0 radical (unpaired) electrons. The molecule has 0 saturated carbocycles. The lowest BCUT2D eigenvalue weighted by atomic mass is 10.2. The fourth-order valence-electron chi connectivity index (χ4n) is 1.06. The van der Waals surface area contributed by atoms with Crippen molar-refractivity contribution in [2.75, 3.05) is 0 Å². The summed E-state index contributed by atoms with van der Waals surface area (Å²) in [7, 11) is 1.38. The molecule has 0 atom stereocenters. The van der Waals surface area contributed by atoms with Crippen LogP contribution in [0.5, 0.6) is 0 Å². The lowest BCUT2D eigenvalue weighted by Gasteiger charge is -1.99. The second-order valence-corrected chi connectivity index (χ2v) is 3.02. The second-order valence-electron chi connectivity index (χ2n) is 3.02. The van der Waals surface area contributed by atoms with Crippen LogP contribution < -0.4 is 0 Å². The number of aryl methyl sites for hydroxylation is 1. The van der Waals surface area contributed by atoms with E-state index in [2.05, 4.69) is 5.10 Å². The third-order valence-electron chi connectivity index (χ3n) is 1.70. The maximum absolute atomic E-state index is 12.2. The number of hydrogen-bond donors (Lipinski definition) is 0. The van der Waals surface area contributed by atoms with E-state index < -0.39 is 11.9 Å². The van der Waals surface area contributed by atoms with Gasteiger partial charge in [-0.1, -0.05) is 0 Å². The number of carbonyl (C=O) groups excluding carboxylic acids is 1. The molecule has 1 heterocycles. The highest BCUT2D eigenvalue weighted by Crippen LogP contribution is 2.28. The van der Waals surface area contributed by atoms with Crippen LogP contribution in [0.15, 0.2) is 6.07 Å². The van der Waals surface area contributed by atoms with Crippen molar-refractivity contribution in [2.45, 2.75) is 19.5 Å². The van der Waals surface area contributed by atoms with E-state index in [0.29, 0.717) is 0 Å². The number of halogens is 3. The Morgan fingerprint density at radius 2 is 2.14 bits per heavy atom. The topological polar surface area (TPSA) is 34.9 Å². The van der Waals surface area contributed by atoms with Crippen LogP contribution >= 0.6 is 0 Å². The number of alkyl halides is 3. The first kappa shape index (κ1) is 10.7. The van der Waals surface area contributed by atoms with Gasteiger partial charge in [0.15, 0.2) is 5.69 Å². The van der Waals surface area contributed by atoms with Crippen LogP contribution in [-0.4, -0.2) is 15.6 Å². The Labute approximate surface area is 78.5 Å². The first-order valence-electron chi connectivity index (χ1n) is 3.90. The molecule has 0 aromatic carbocycles. The smallest absolute Gasteiger partial charge is 0.300 e. The summed E-state index contributed by atoms with van der Waals surface area (Å²) in [6.45, 7) is 1.32. The van der Waals surface area contributed by atoms with Gasteiger partial charge < -0.3 is 0 Å². The molecule has 0 unspecified atom stereocenters. The molecule has 1 aromatic heterocycles. The predicted octanol–water partition coefficient (Wildman–Crippen LogP) is 1.57. The lowest BCUT2D eigenvalue weighted by Crippen LogP contribution is -2.06. The van der Waals surface area contributed by atoms with Gasteiger partial charge in [-0.05, 0) is 13.0 Å². The van der Waals surface area contributed by atoms with E-state index in [0.717, 1.165) is 10.7 Å². The maximum Gasteiger partial charge on any atom is 0.435 e. The molecule has 0 amide bonds. The van der Waals surface area contributed by atoms with E-state index in [4.69, 9.17) is 0 Å². The monoisotopic (exact) mass is 206 g/mol. The molecule has 14 heavy (non-hydrogen) atoms. The van der Waals surface area contributed by atoms with Crippen LogP contribution in [0.3, 0.4) is 0 Å². The van der Waals surface area contributed by atoms with Crippen LogP contribution in [-0.2, 0) is 24.4 Å². The minimum atomic E-state index is -4.45. The Morgan fingerprint density at radius 3 is 2.50 bits per heavy atom. The molecule has 0 bridgehead atoms. The van der Waals surface area contributed by atoms with Gasteiger partial charge in [0.2, 0.25) is 0 Å². The van der Waals surface area contributed by atoms with Crippen molar-refractivity contribution in [1.82, 2.24) is 9.78 Å². The molecular formula is C8H9F3N2O. The summed E-state index contributed by atoms with van der Waals surface area (Å²) in [6.07, 6.45) is -4.48. The van der Waals surface area contributed by atoms with Crippen LogP contribution in [0.4, 0.5) is 13.2 Å². The van der Waals surface area contributed by atoms with Gasteiger partial charge in [-0.2, -0.15) is 18.3 Å². The van der Waals surface area contributed by atoms with Gasteiger partial charge in [0.1, 0.15) is 5.78 Å². The van der Waals surface area contributed by atoms with E-state index in [1.54, 1.807) is 0 Å². The van der Waals surface area contributed by atoms with Crippen LogP contribution in [0.25, 0.3) is 0 Å². The molecule has 1 rings (SSSR count). The van der Waals surface area contributed by atoms with Crippen molar-refractivity contribution in [3.8, 4) is 0 Å². The summed E-state index contributed by atoms with van der Waals surface area (Å²) < 4.78 is 37.5. The Kier molecular flexibility index (Phi) is 2.64. The van der Waals surface area contributed by atoms with E-state index >= 15 is 0 Å². The average Bonchev–Trinajstić information content (AvgIpc) is 2.30. The molecule has 78 valence electrons. The molecule has 0 spiro atoms. The normalized spacial score (nSPS) is 11.8. The number of hydrogen-bond acceptors (Lipinski definition) is 2. The first-order valence-corrected chi connectivity index (χ1v) is 3.90. The zero-order chi connectivity index (χ0) is 10.9. The highest BCUT2D eigenvalue weighted by atomic mass is 19.4. The van der Waals surface area contributed by atoms with E-state index in [1.807, 2.05) is 0 Å². The molecule has 0 N–H and O–H groups in total. The molecule has 3 nitrogen and oxygen atoms in total. The number of ketones is 1. The number of rotatable bonds is 2.